The highest BCUT2D eigenvalue weighted by atomic mass is 79.9. The van der Waals surface area contributed by atoms with E-state index in [9.17, 15) is 18.8 Å². The number of carbonyl (C=O) groups is 2. The van der Waals surface area contributed by atoms with Crippen LogP contribution in [-0.4, -0.2) is 16.4 Å². The van der Waals surface area contributed by atoms with Gasteiger partial charge < -0.3 is 5.73 Å². The van der Waals surface area contributed by atoms with Crippen molar-refractivity contribution < 1.29 is 14.0 Å². The van der Waals surface area contributed by atoms with Crippen LogP contribution in [0.1, 0.15) is 26.3 Å². The summed E-state index contributed by atoms with van der Waals surface area (Å²) in [6.07, 6.45) is 0. The Balaban J connectivity index is 2.38. The van der Waals surface area contributed by atoms with Gasteiger partial charge in [0.25, 0.3) is 17.4 Å². The van der Waals surface area contributed by atoms with E-state index in [1.54, 1.807) is 0 Å². The number of nitrogen functional groups attached to an aromatic ring is 1. The Labute approximate surface area is 131 Å². The summed E-state index contributed by atoms with van der Waals surface area (Å²) in [5.41, 5.74) is 5.52. The van der Waals surface area contributed by atoms with E-state index >= 15 is 0 Å². The smallest absolute Gasteiger partial charge is 0.262 e. The van der Waals surface area contributed by atoms with Crippen molar-refractivity contribution in [1.29, 1.82) is 0 Å². The predicted octanol–water partition coefficient (Wildman–Crippen LogP) is 1.51. The first-order chi connectivity index (χ1) is 10.3. The SMILES string of the molecule is Cc1c(-n2c(N)c3c(cc2=O)C(=O)NC3=O)ccc(Br)c1F. The molecule has 0 saturated heterocycles. The first kappa shape index (κ1) is 14.5. The molecule has 2 amide bonds. The van der Waals surface area contributed by atoms with Crippen molar-refractivity contribution in [3.8, 4) is 5.69 Å². The van der Waals surface area contributed by atoms with Gasteiger partial charge in [0.15, 0.2) is 0 Å². The number of rotatable bonds is 1. The Hall–Kier alpha value is -2.48. The molecule has 2 aromatic rings. The van der Waals surface area contributed by atoms with E-state index in [1.165, 1.54) is 19.1 Å². The number of nitrogens with two attached hydrogens (primary N) is 1. The van der Waals surface area contributed by atoms with Gasteiger partial charge in [0, 0.05) is 11.6 Å². The van der Waals surface area contributed by atoms with Crippen LogP contribution in [0.25, 0.3) is 5.69 Å². The fourth-order valence-electron chi connectivity index (χ4n) is 2.41. The van der Waals surface area contributed by atoms with Crippen LogP contribution in [0.3, 0.4) is 0 Å². The van der Waals surface area contributed by atoms with E-state index < -0.39 is 23.2 Å². The highest BCUT2D eigenvalue weighted by Crippen LogP contribution is 2.27. The van der Waals surface area contributed by atoms with E-state index in [1.807, 2.05) is 0 Å². The molecule has 0 saturated carbocycles. The maximum Gasteiger partial charge on any atom is 0.262 e. The molecule has 0 fully saturated rings. The summed E-state index contributed by atoms with van der Waals surface area (Å²) in [4.78, 5) is 35.6. The van der Waals surface area contributed by atoms with Gasteiger partial charge in [-0.05, 0) is 35.0 Å². The molecule has 3 N–H and O–H groups in total. The number of fused-ring (bicyclic) bond motifs is 1. The molecule has 0 radical (unpaired) electrons. The molecular formula is C14H9BrFN3O3. The summed E-state index contributed by atoms with van der Waals surface area (Å²) in [6, 6.07) is 3.95. The number of hydrogen-bond donors (Lipinski definition) is 2. The lowest BCUT2D eigenvalue weighted by Gasteiger charge is -2.15. The minimum absolute atomic E-state index is 0.0704. The molecule has 22 heavy (non-hydrogen) atoms. The van der Waals surface area contributed by atoms with Crippen molar-refractivity contribution in [3.05, 3.63) is 55.5 Å². The second-order valence-electron chi connectivity index (χ2n) is 4.78. The molecule has 1 aromatic carbocycles. The number of amides is 2. The summed E-state index contributed by atoms with van der Waals surface area (Å²) in [6.45, 7) is 1.49. The fourth-order valence-corrected chi connectivity index (χ4v) is 2.84. The zero-order valence-corrected chi connectivity index (χ0v) is 12.8. The van der Waals surface area contributed by atoms with Crippen LogP contribution in [0.2, 0.25) is 0 Å². The van der Waals surface area contributed by atoms with Gasteiger partial charge in [-0.15, -0.1) is 0 Å². The number of carbonyl (C=O) groups excluding carboxylic acids is 2. The van der Waals surface area contributed by atoms with E-state index in [-0.39, 0.29) is 32.7 Å². The number of anilines is 1. The number of nitrogens with zero attached hydrogens (tertiary/aromatic N) is 1. The molecular weight excluding hydrogens is 357 g/mol. The summed E-state index contributed by atoms with van der Waals surface area (Å²) < 4.78 is 15.3. The highest BCUT2D eigenvalue weighted by molar-refractivity contribution is 9.10. The summed E-state index contributed by atoms with van der Waals surface area (Å²) in [7, 11) is 0. The lowest BCUT2D eigenvalue weighted by molar-refractivity contribution is 0.0880. The van der Waals surface area contributed by atoms with Crippen molar-refractivity contribution >= 4 is 33.6 Å². The van der Waals surface area contributed by atoms with Crippen molar-refractivity contribution in [1.82, 2.24) is 9.88 Å². The molecule has 1 aliphatic rings. The first-order valence-corrected chi connectivity index (χ1v) is 6.98. The number of hydrogen-bond acceptors (Lipinski definition) is 4. The number of pyridine rings is 1. The second kappa shape index (κ2) is 4.77. The lowest BCUT2D eigenvalue weighted by atomic mass is 10.1. The number of nitrogens with one attached hydrogen (secondary N) is 1. The van der Waals surface area contributed by atoms with Gasteiger partial charge in [-0.1, -0.05) is 0 Å². The molecule has 0 bridgehead atoms. The molecule has 0 aliphatic carbocycles. The van der Waals surface area contributed by atoms with Crippen LogP contribution in [0.4, 0.5) is 10.2 Å². The zero-order chi connectivity index (χ0) is 16.2. The average Bonchev–Trinajstić information content (AvgIpc) is 2.73. The van der Waals surface area contributed by atoms with E-state index in [4.69, 9.17) is 5.73 Å². The maximum absolute atomic E-state index is 14.0. The topological polar surface area (TPSA) is 94.2 Å². The molecule has 2 heterocycles. The largest absolute Gasteiger partial charge is 0.384 e. The quantitative estimate of drug-likeness (QED) is 0.749. The van der Waals surface area contributed by atoms with Crippen LogP contribution < -0.4 is 16.6 Å². The number of aromatic nitrogens is 1. The van der Waals surface area contributed by atoms with E-state index in [2.05, 4.69) is 21.2 Å². The summed E-state index contributed by atoms with van der Waals surface area (Å²) in [5, 5.41) is 2.07. The van der Waals surface area contributed by atoms with Crippen LogP contribution in [0.15, 0.2) is 27.5 Å². The van der Waals surface area contributed by atoms with Crippen LogP contribution >= 0.6 is 15.9 Å². The normalized spacial score (nSPS) is 13.2. The average molecular weight is 366 g/mol. The van der Waals surface area contributed by atoms with E-state index in [0.717, 1.165) is 10.6 Å². The first-order valence-electron chi connectivity index (χ1n) is 6.19. The molecule has 0 unspecified atom stereocenters. The Morgan fingerprint density at radius 3 is 2.59 bits per heavy atom. The molecule has 1 aliphatic heterocycles. The number of benzene rings is 1. The zero-order valence-electron chi connectivity index (χ0n) is 11.2. The molecule has 6 nitrogen and oxygen atoms in total. The highest BCUT2D eigenvalue weighted by Gasteiger charge is 2.32. The third kappa shape index (κ3) is 1.87. The third-order valence-corrected chi connectivity index (χ3v) is 4.12. The molecule has 1 aromatic heterocycles. The lowest BCUT2D eigenvalue weighted by Crippen LogP contribution is -2.24. The van der Waals surface area contributed by atoms with Gasteiger partial charge in [-0.25, -0.2) is 4.39 Å². The molecule has 0 atom stereocenters. The Bertz CT molecular complexity index is 921. The minimum Gasteiger partial charge on any atom is -0.384 e. The molecule has 112 valence electrons. The third-order valence-electron chi connectivity index (χ3n) is 3.50. The van der Waals surface area contributed by atoms with Gasteiger partial charge >= 0.3 is 0 Å². The van der Waals surface area contributed by atoms with Gasteiger partial charge in [0.1, 0.15) is 11.6 Å². The molecule has 8 heteroatoms. The minimum atomic E-state index is -0.679. The predicted molar refractivity (Wildman–Crippen MR) is 80.6 cm³/mol. The summed E-state index contributed by atoms with van der Waals surface area (Å²) >= 11 is 3.05. The summed E-state index contributed by atoms with van der Waals surface area (Å²) in [5.74, 6) is -2.09. The van der Waals surface area contributed by atoms with Crippen LogP contribution in [-0.2, 0) is 0 Å². The second-order valence-corrected chi connectivity index (χ2v) is 5.63. The van der Waals surface area contributed by atoms with Crippen molar-refractivity contribution in [3.63, 3.8) is 0 Å². The van der Waals surface area contributed by atoms with Crippen molar-refractivity contribution in [2.75, 3.05) is 5.73 Å². The molecule has 0 spiro atoms. The standard InChI is InChI=1S/C14H9BrFN3O3/c1-5-8(3-2-7(15)11(5)16)19-9(20)4-6-10(12(19)17)14(22)18-13(6)21/h2-4H,17H2,1H3,(H,18,21,22). The van der Waals surface area contributed by atoms with Crippen LogP contribution in [0, 0.1) is 12.7 Å². The van der Waals surface area contributed by atoms with Crippen LogP contribution in [0.5, 0.6) is 0 Å². The van der Waals surface area contributed by atoms with Gasteiger partial charge in [-0.3, -0.25) is 24.3 Å². The van der Waals surface area contributed by atoms with Gasteiger partial charge in [0.05, 0.1) is 21.3 Å². The van der Waals surface area contributed by atoms with E-state index in [0.29, 0.717) is 0 Å². The molecule has 3 rings (SSSR count). The maximum atomic E-state index is 14.0. The van der Waals surface area contributed by atoms with Gasteiger partial charge in [0.2, 0.25) is 0 Å². The number of halogens is 2. The van der Waals surface area contributed by atoms with Crippen molar-refractivity contribution in [2.45, 2.75) is 6.92 Å². The van der Waals surface area contributed by atoms with Crippen molar-refractivity contribution in [2.24, 2.45) is 0 Å². The fraction of sp³-hybridized carbons (Fsp3) is 0.0714. The Kier molecular flexibility index (Phi) is 3.13. The Morgan fingerprint density at radius 2 is 1.91 bits per heavy atom. The van der Waals surface area contributed by atoms with Gasteiger partial charge in [-0.2, -0.15) is 0 Å². The Morgan fingerprint density at radius 1 is 1.23 bits per heavy atom. The number of imide groups is 1. The monoisotopic (exact) mass is 365 g/mol.